The van der Waals surface area contributed by atoms with E-state index in [9.17, 15) is 0 Å². The van der Waals surface area contributed by atoms with Gasteiger partial charge in [0, 0.05) is 18.5 Å². The lowest BCUT2D eigenvalue weighted by molar-refractivity contribution is 0.414. The van der Waals surface area contributed by atoms with Gasteiger partial charge in [0.25, 0.3) is 0 Å². The van der Waals surface area contributed by atoms with Crippen molar-refractivity contribution in [3.63, 3.8) is 0 Å². The van der Waals surface area contributed by atoms with E-state index >= 15 is 0 Å². The van der Waals surface area contributed by atoms with Crippen molar-refractivity contribution < 1.29 is 4.74 Å². The van der Waals surface area contributed by atoms with Crippen molar-refractivity contribution in [3.8, 4) is 11.4 Å². The van der Waals surface area contributed by atoms with E-state index in [0.717, 1.165) is 11.4 Å². The van der Waals surface area contributed by atoms with Crippen LogP contribution in [0.2, 0.25) is 0 Å². The van der Waals surface area contributed by atoms with Gasteiger partial charge in [0.2, 0.25) is 0 Å². The van der Waals surface area contributed by atoms with Crippen LogP contribution < -0.4 is 10.5 Å². The van der Waals surface area contributed by atoms with Crippen LogP contribution in [0.1, 0.15) is 0 Å². The number of ether oxygens (including phenoxy) is 1. The Kier molecular flexibility index (Phi) is 2.10. The number of aromatic nitrogens is 2. The first kappa shape index (κ1) is 8.62. The molecule has 0 spiro atoms. The first-order valence-electron chi connectivity index (χ1n) is 4.23. The number of methoxy groups -OCH3 is 1. The zero-order valence-corrected chi connectivity index (χ0v) is 7.84. The van der Waals surface area contributed by atoms with Crippen molar-refractivity contribution in [1.29, 1.82) is 0 Å². The Bertz CT molecular complexity index is 423. The van der Waals surface area contributed by atoms with E-state index in [1.165, 1.54) is 0 Å². The molecule has 0 aliphatic rings. The summed E-state index contributed by atoms with van der Waals surface area (Å²) in [5.74, 6) is 0.780. The minimum absolute atomic E-state index is 0.698. The zero-order chi connectivity index (χ0) is 9.97. The van der Waals surface area contributed by atoms with Crippen molar-refractivity contribution in [2.75, 3.05) is 12.8 Å². The normalized spacial score (nSPS) is 10.1. The van der Waals surface area contributed by atoms with Crippen LogP contribution >= 0.6 is 0 Å². The van der Waals surface area contributed by atoms with Crippen LogP contribution in [0.25, 0.3) is 5.69 Å². The SMILES string of the molecule is COc1ccc(N)c(-n2ccnc2)c1. The molecule has 2 aromatic rings. The van der Waals surface area contributed by atoms with Gasteiger partial charge in [-0.25, -0.2) is 4.98 Å². The lowest BCUT2D eigenvalue weighted by Gasteiger charge is -2.08. The molecule has 0 aliphatic heterocycles. The van der Waals surface area contributed by atoms with Gasteiger partial charge in [0.1, 0.15) is 5.75 Å². The lowest BCUT2D eigenvalue weighted by Crippen LogP contribution is -1.98. The Morgan fingerprint density at radius 2 is 2.29 bits per heavy atom. The Morgan fingerprint density at radius 1 is 1.43 bits per heavy atom. The molecule has 0 unspecified atom stereocenters. The maximum Gasteiger partial charge on any atom is 0.121 e. The highest BCUT2D eigenvalue weighted by Gasteiger charge is 2.02. The van der Waals surface area contributed by atoms with Gasteiger partial charge in [-0.2, -0.15) is 0 Å². The van der Waals surface area contributed by atoms with Gasteiger partial charge in [0.15, 0.2) is 0 Å². The average molecular weight is 189 g/mol. The number of anilines is 1. The maximum atomic E-state index is 5.83. The minimum Gasteiger partial charge on any atom is -0.497 e. The van der Waals surface area contributed by atoms with Crippen LogP contribution in [0.4, 0.5) is 5.69 Å². The van der Waals surface area contributed by atoms with E-state index in [1.54, 1.807) is 19.6 Å². The van der Waals surface area contributed by atoms with E-state index in [4.69, 9.17) is 10.5 Å². The van der Waals surface area contributed by atoms with Crippen LogP contribution in [0.15, 0.2) is 36.9 Å². The summed E-state index contributed by atoms with van der Waals surface area (Å²) in [6, 6.07) is 5.51. The summed E-state index contributed by atoms with van der Waals surface area (Å²) >= 11 is 0. The summed E-state index contributed by atoms with van der Waals surface area (Å²) in [4.78, 5) is 3.96. The molecule has 1 aromatic heterocycles. The Labute approximate surface area is 81.9 Å². The average Bonchev–Trinajstić information content (AvgIpc) is 2.71. The number of rotatable bonds is 2. The van der Waals surface area contributed by atoms with Gasteiger partial charge in [-0.15, -0.1) is 0 Å². The van der Waals surface area contributed by atoms with Crippen molar-refractivity contribution in [2.24, 2.45) is 0 Å². The first-order valence-corrected chi connectivity index (χ1v) is 4.23. The third-order valence-corrected chi connectivity index (χ3v) is 2.02. The lowest BCUT2D eigenvalue weighted by atomic mass is 10.2. The molecule has 0 aliphatic carbocycles. The second kappa shape index (κ2) is 3.41. The smallest absolute Gasteiger partial charge is 0.121 e. The number of nitrogens with two attached hydrogens (primary N) is 1. The zero-order valence-electron chi connectivity index (χ0n) is 7.84. The molecule has 0 amide bonds. The van der Waals surface area contributed by atoms with Gasteiger partial charge >= 0.3 is 0 Å². The molecule has 0 atom stereocenters. The summed E-state index contributed by atoms with van der Waals surface area (Å²) < 4.78 is 6.96. The molecule has 1 aromatic carbocycles. The summed E-state index contributed by atoms with van der Waals surface area (Å²) in [7, 11) is 1.63. The number of benzene rings is 1. The number of nitrogen functional groups attached to an aromatic ring is 1. The molecule has 0 saturated carbocycles. The van der Waals surface area contributed by atoms with Crippen molar-refractivity contribution in [3.05, 3.63) is 36.9 Å². The van der Waals surface area contributed by atoms with E-state index < -0.39 is 0 Å². The number of hydrogen-bond acceptors (Lipinski definition) is 3. The summed E-state index contributed by atoms with van der Waals surface area (Å²) in [5, 5.41) is 0. The van der Waals surface area contributed by atoms with E-state index in [-0.39, 0.29) is 0 Å². The van der Waals surface area contributed by atoms with Crippen LogP contribution in [0, 0.1) is 0 Å². The predicted octanol–water partition coefficient (Wildman–Crippen LogP) is 1.46. The molecule has 2 N–H and O–H groups in total. The van der Waals surface area contributed by atoms with E-state index in [1.807, 2.05) is 29.0 Å². The number of imidazole rings is 1. The summed E-state index contributed by atoms with van der Waals surface area (Å²) in [6.07, 6.45) is 5.25. The summed E-state index contributed by atoms with van der Waals surface area (Å²) in [5.41, 5.74) is 7.41. The molecular weight excluding hydrogens is 178 g/mol. The monoisotopic (exact) mass is 189 g/mol. The van der Waals surface area contributed by atoms with E-state index in [2.05, 4.69) is 4.98 Å². The quantitative estimate of drug-likeness (QED) is 0.728. The molecule has 4 nitrogen and oxygen atoms in total. The molecule has 1 heterocycles. The van der Waals surface area contributed by atoms with Gasteiger partial charge < -0.3 is 15.0 Å². The fraction of sp³-hybridized carbons (Fsp3) is 0.100. The van der Waals surface area contributed by atoms with Crippen molar-refractivity contribution >= 4 is 5.69 Å². The molecule has 0 saturated heterocycles. The topological polar surface area (TPSA) is 53.1 Å². The van der Waals surface area contributed by atoms with Crippen LogP contribution in [0.5, 0.6) is 5.75 Å². The van der Waals surface area contributed by atoms with E-state index in [0.29, 0.717) is 5.69 Å². The molecule has 14 heavy (non-hydrogen) atoms. The summed E-state index contributed by atoms with van der Waals surface area (Å²) in [6.45, 7) is 0. The standard InChI is InChI=1S/C10H11N3O/c1-14-8-2-3-9(11)10(6-8)13-5-4-12-7-13/h2-7H,11H2,1H3. The third-order valence-electron chi connectivity index (χ3n) is 2.02. The van der Waals surface area contributed by atoms with Gasteiger partial charge in [-0.05, 0) is 12.1 Å². The molecular formula is C10H11N3O. The maximum absolute atomic E-state index is 5.83. The van der Waals surface area contributed by atoms with Crippen LogP contribution in [-0.2, 0) is 0 Å². The third kappa shape index (κ3) is 1.42. The molecule has 72 valence electrons. The molecule has 0 fully saturated rings. The second-order valence-electron chi connectivity index (χ2n) is 2.89. The molecule has 0 radical (unpaired) electrons. The highest BCUT2D eigenvalue weighted by molar-refractivity contribution is 5.60. The molecule has 0 bridgehead atoms. The number of hydrogen-bond donors (Lipinski definition) is 1. The fourth-order valence-electron chi connectivity index (χ4n) is 1.28. The van der Waals surface area contributed by atoms with Gasteiger partial charge in [-0.1, -0.05) is 0 Å². The Balaban J connectivity index is 2.51. The van der Waals surface area contributed by atoms with Gasteiger partial charge in [0.05, 0.1) is 24.8 Å². The Hall–Kier alpha value is -1.97. The highest BCUT2D eigenvalue weighted by atomic mass is 16.5. The minimum atomic E-state index is 0.698. The first-order chi connectivity index (χ1) is 6.81. The highest BCUT2D eigenvalue weighted by Crippen LogP contribution is 2.22. The predicted molar refractivity (Wildman–Crippen MR) is 54.5 cm³/mol. The molecule has 4 heteroatoms. The van der Waals surface area contributed by atoms with Crippen molar-refractivity contribution in [1.82, 2.24) is 9.55 Å². The van der Waals surface area contributed by atoms with Crippen molar-refractivity contribution in [2.45, 2.75) is 0 Å². The van der Waals surface area contributed by atoms with Crippen LogP contribution in [-0.4, -0.2) is 16.7 Å². The van der Waals surface area contributed by atoms with Crippen LogP contribution in [0.3, 0.4) is 0 Å². The second-order valence-corrected chi connectivity index (χ2v) is 2.89. The molecule has 2 rings (SSSR count). The fourth-order valence-corrected chi connectivity index (χ4v) is 1.28. The van der Waals surface area contributed by atoms with Gasteiger partial charge in [-0.3, -0.25) is 0 Å². The largest absolute Gasteiger partial charge is 0.497 e. The Morgan fingerprint density at radius 3 is 2.93 bits per heavy atom. The number of nitrogens with zero attached hydrogens (tertiary/aromatic N) is 2.